The molecule has 21 heavy (non-hydrogen) atoms. The summed E-state index contributed by atoms with van der Waals surface area (Å²) in [6.07, 6.45) is 2.24. The molecule has 2 heterocycles. The Kier molecular flexibility index (Phi) is 5.52. The first-order chi connectivity index (χ1) is 9.69. The lowest BCUT2D eigenvalue weighted by atomic mass is 9.93. The van der Waals surface area contributed by atoms with E-state index in [1.54, 1.807) is 7.11 Å². The SMILES string of the molecule is COc1ccc(C(=O)N2CCC3NCCC3C2)cc1Br.Cl. The summed E-state index contributed by atoms with van der Waals surface area (Å²) in [6, 6.07) is 6.13. The second kappa shape index (κ2) is 6.99. The third kappa shape index (κ3) is 3.35. The van der Waals surface area contributed by atoms with Gasteiger partial charge in [-0.05, 0) is 59.4 Å². The van der Waals surface area contributed by atoms with Crippen molar-refractivity contribution in [2.24, 2.45) is 5.92 Å². The van der Waals surface area contributed by atoms with Gasteiger partial charge in [-0.1, -0.05) is 0 Å². The Morgan fingerprint density at radius 1 is 1.43 bits per heavy atom. The number of methoxy groups -OCH3 is 1. The fourth-order valence-corrected chi connectivity index (χ4v) is 3.75. The predicted molar refractivity (Wildman–Crippen MR) is 88.4 cm³/mol. The van der Waals surface area contributed by atoms with E-state index in [0.717, 1.165) is 41.8 Å². The van der Waals surface area contributed by atoms with Gasteiger partial charge in [0.05, 0.1) is 11.6 Å². The molecular formula is C15H20BrClN2O2. The Morgan fingerprint density at radius 2 is 2.24 bits per heavy atom. The van der Waals surface area contributed by atoms with E-state index in [2.05, 4.69) is 21.2 Å². The number of likely N-dealkylation sites (tertiary alicyclic amines) is 1. The first-order valence-corrected chi connectivity index (χ1v) is 7.84. The minimum atomic E-state index is 0. The zero-order valence-electron chi connectivity index (χ0n) is 12.0. The summed E-state index contributed by atoms with van der Waals surface area (Å²) in [5.41, 5.74) is 0.724. The van der Waals surface area contributed by atoms with Crippen LogP contribution in [0.1, 0.15) is 23.2 Å². The Hall–Kier alpha value is -0.780. The van der Waals surface area contributed by atoms with Gasteiger partial charge in [-0.2, -0.15) is 0 Å². The summed E-state index contributed by atoms with van der Waals surface area (Å²) in [5.74, 6) is 1.49. The van der Waals surface area contributed by atoms with Crippen LogP contribution in [-0.2, 0) is 0 Å². The van der Waals surface area contributed by atoms with Crippen LogP contribution in [0.5, 0.6) is 5.75 Å². The van der Waals surface area contributed by atoms with Gasteiger partial charge in [0, 0.05) is 24.7 Å². The van der Waals surface area contributed by atoms with E-state index in [4.69, 9.17) is 4.74 Å². The van der Waals surface area contributed by atoms with Gasteiger partial charge in [-0.15, -0.1) is 12.4 Å². The zero-order chi connectivity index (χ0) is 14.1. The summed E-state index contributed by atoms with van der Waals surface area (Å²) in [4.78, 5) is 14.6. The predicted octanol–water partition coefficient (Wildman–Crippen LogP) is 2.70. The maximum atomic E-state index is 12.6. The summed E-state index contributed by atoms with van der Waals surface area (Å²) in [5, 5.41) is 3.52. The van der Waals surface area contributed by atoms with E-state index in [1.807, 2.05) is 23.1 Å². The topological polar surface area (TPSA) is 41.6 Å². The Morgan fingerprint density at radius 3 is 2.95 bits per heavy atom. The summed E-state index contributed by atoms with van der Waals surface area (Å²) in [6.45, 7) is 2.81. The average Bonchev–Trinajstić information content (AvgIpc) is 2.93. The minimum absolute atomic E-state index is 0. The van der Waals surface area contributed by atoms with Gasteiger partial charge in [0.25, 0.3) is 5.91 Å². The second-order valence-electron chi connectivity index (χ2n) is 5.50. The Bertz CT molecular complexity index is 526. The molecule has 3 rings (SSSR count). The molecule has 2 aliphatic heterocycles. The quantitative estimate of drug-likeness (QED) is 0.864. The highest BCUT2D eigenvalue weighted by molar-refractivity contribution is 9.10. The molecule has 2 fully saturated rings. The number of hydrogen-bond donors (Lipinski definition) is 1. The molecule has 116 valence electrons. The molecule has 0 aliphatic carbocycles. The molecule has 4 nitrogen and oxygen atoms in total. The molecule has 0 saturated carbocycles. The molecule has 0 aromatic heterocycles. The lowest BCUT2D eigenvalue weighted by molar-refractivity contribution is 0.0662. The van der Waals surface area contributed by atoms with Crippen molar-refractivity contribution in [2.45, 2.75) is 18.9 Å². The van der Waals surface area contributed by atoms with Gasteiger partial charge in [0.15, 0.2) is 0 Å². The number of nitrogens with zero attached hydrogens (tertiary/aromatic N) is 1. The van der Waals surface area contributed by atoms with Crippen LogP contribution in [0.2, 0.25) is 0 Å². The lowest BCUT2D eigenvalue weighted by Gasteiger charge is -2.35. The third-order valence-corrected chi connectivity index (χ3v) is 4.96. The first-order valence-electron chi connectivity index (χ1n) is 7.05. The molecular weight excluding hydrogens is 356 g/mol. The number of halogens is 2. The van der Waals surface area contributed by atoms with Crippen molar-refractivity contribution in [3.8, 4) is 5.75 Å². The van der Waals surface area contributed by atoms with E-state index in [0.29, 0.717) is 12.0 Å². The number of carbonyl (C=O) groups is 1. The number of nitrogens with one attached hydrogen (secondary N) is 1. The van der Waals surface area contributed by atoms with Gasteiger partial charge in [-0.3, -0.25) is 4.79 Å². The molecule has 2 saturated heterocycles. The van der Waals surface area contributed by atoms with Gasteiger partial charge in [0.2, 0.25) is 0 Å². The van der Waals surface area contributed by atoms with Crippen LogP contribution in [0, 0.1) is 5.92 Å². The summed E-state index contributed by atoms with van der Waals surface area (Å²) >= 11 is 3.44. The van der Waals surface area contributed by atoms with Crippen molar-refractivity contribution in [2.75, 3.05) is 26.7 Å². The second-order valence-corrected chi connectivity index (χ2v) is 6.35. The first kappa shape index (κ1) is 16.6. The van der Waals surface area contributed by atoms with Crippen LogP contribution in [-0.4, -0.2) is 43.6 Å². The van der Waals surface area contributed by atoms with Crippen LogP contribution in [0.4, 0.5) is 0 Å². The minimum Gasteiger partial charge on any atom is -0.496 e. The highest BCUT2D eigenvalue weighted by Crippen LogP contribution is 2.28. The standard InChI is InChI=1S/C15H19BrN2O2.ClH/c1-20-14-3-2-10(8-12(14)16)15(19)18-7-5-13-11(9-18)4-6-17-13;/h2-3,8,11,13,17H,4-7,9H2,1H3;1H. The van der Waals surface area contributed by atoms with Gasteiger partial charge in [-0.25, -0.2) is 0 Å². The number of rotatable bonds is 2. The zero-order valence-corrected chi connectivity index (χ0v) is 14.4. The van der Waals surface area contributed by atoms with Crippen molar-refractivity contribution in [1.29, 1.82) is 0 Å². The highest BCUT2D eigenvalue weighted by atomic mass is 79.9. The van der Waals surface area contributed by atoms with Gasteiger partial charge in [0.1, 0.15) is 5.75 Å². The van der Waals surface area contributed by atoms with Gasteiger partial charge >= 0.3 is 0 Å². The smallest absolute Gasteiger partial charge is 0.253 e. The van der Waals surface area contributed by atoms with Gasteiger partial charge < -0.3 is 15.0 Å². The number of hydrogen-bond acceptors (Lipinski definition) is 3. The third-order valence-electron chi connectivity index (χ3n) is 4.34. The van der Waals surface area contributed by atoms with Crippen molar-refractivity contribution >= 4 is 34.2 Å². The van der Waals surface area contributed by atoms with E-state index >= 15 is 0 Å². The Labute approximate surface area is 139 Å². The van der Waals surface area contributed by atoms with E-state index < -0.39 is 0 Å². The monoisotopic (exact) mass is 374 g/mol. The molecule has 1 aromatic carbocycles. The molecule has 1 aromatic rings. The van der Waals surface area contributed by atoms with E-state index in [9.17, 15) is 4.79 Å². The number of fused-ring (bicyclic) bond motifs is 1. The van der Waals surface area contributed by atoms with E-state index in [-0.39, 0.29) is 18.3 Å². The number of amides is 1. The van der Waals surface area contributed by atoms with Crippen LogP contribution in [0.15, 0.2) is 22.7 Å². The fraction of sp³-hybridized carbons (Fsp3) is 0.533. The molecule has 0 bridgehead atoms. The average molecular weight is 376 g/mol. The van der Waals surface area contributed by atoms with Crippen LogP contribution in [0.3, 0.4) is 0 Å². The van der Waals surface area contributed by atoms with Crippen LogP contribution < -0.4 is 10.1 Å². The summed E-state index contributed by atoms with van der Waals surface area (Å²) < 4.78 is 6.02. The lowest BCUT2D eigenvalue weighted by Crippen LogP contribution is -2.46. The largest absolute Gasteiger partial charge is 0.496 e. The molecule has 1 amide bonds. The molecule has 2 aliphatic rings. The number of carbonyl (C=O) groups excluding carboxylic acids is 1. The fourth-order valence-electron chi connectivity index (χ4n) is 3.21. The van der Waals surface area contributed by atoms with E-state index in [1.165, 1.54) is 6.42 Å². The maximum Gasteiger partial charge on any atom is 0.253 e. The van der Waals surface area contributed by atoms with Crippen molar-refractivity contribution in [3.63, 3.8) is 0 Å². The maximum absolute atomic E-state index is 12.6. The number of piperidine rings is 1. The molecule has 6 heteroatoms. The van der Waals surface area contributed by atoms with Crippen molar-refractivity contribution in [3.05, 3.63) is 28.2 Å². The molecule has 1 N–H and O–H groups in total. The van der Waals surface area contributed by atoms with Crippen molar-refractivity contribution in [1.82, 2.24) is 10.2 Å². The number of ether oxygens (including phenoxy) is 1. The molecule has 2 unspecified atom stereocenters. The molecule has 0 spiro atoms. The highest BCUT2D eigenvalue weighted by Gasteiger charge is 2.34. The van der Waals surface area contributed by atoms with Crippen LogP contribution in [0.25, 0.3) is 0 Å². The normalized spacial score (nSPS) is 24.2. The summed E-state index contributed by atoms with van der Waals surface area (Å²) in [7, 11) is 1.62. The van der Waals surface area contributed by atoms with Crippen molar-refractivity contribution < 1.29 is 9.53 Å². The Balaban J connectivity index is 0.00000161. The van der Waals surface area contributed by atoms with Crippen LogP contribution >= 0.6 is 28.3 Å². The molecule has 0 radical (unpaired) electrons. The number of benzene rings is 1. The molecule has 2 atom stereocenters.